The molecule has 0 saturated carbocycles. The molecule has 106 valence electrons. The Labute approximate surface area is 121 Å². The summed E-state index contributed by atoms with van der Waals surface area (Å²) < 4.78 is 1.81. The summed E-state index contributed by atoms with van der Waals surface area (Å²) in [6.45, 7) is 4.49. The number of rotatable bonds is 5. The first kappa shape index (κ1) is 14.3. The third-order valence-electron chi connectivity index (χ3n) is 2.82. The third kappa shape index (κ3) is 3.08. The number of carbonyl (C=O) groups excluding carboxylic acids is 1. The molecule has 0 fully saturated rings. The van der Waals surface area contributed by atoms with E-state index in [1.165, 1.54) is 6.33 Å². The van der Waals surface area contributed by atoms with Gasteiger partial charge in [0.2, 0.25) is 0 Å². The normalized spacial score (nSPS) is 10.8. The summed E-state index contributed by atoms with van der Waals surface area (Å²) in [5, 5.41) is 7.76. The summed E-state index contributed by atoms with van der Waals surface area (Å²) in [5.74, 6) is 0.255. The monoisotopic (exact) mass is 293 g/mol. The molecule has 2 rings (SSSR count). The molecule has 3 N–H and O–H groups in total. The van der Waals surface area contributed by atoms with Crippen LogP contribution in [0, 0.1) is 0 Å². The fraction of sp³-hybridized carbons (Fsp3) is 0.308. The lowest BCUT2D eigenvalue weighted by atomic mass is 10.1. The Balaban J connectivity index is 2.19. The molecule has 6 nitrogen and oxygen atoms in total. The first-order valence-electron chi connectivity index (χ1n) is 6.20. The summed E-state index contributed by atoms with van der Waals surface area (Å²) in [6.07, 6.45) is 1.51. The minimum absolute atomic E-state index is 0.218. The SMILES string of the molecule is CC(C)n1ncnc1CNc1ccc(Cl)cc1C(N)=O. The molecule has 1 aromatic carbocycles. The van der Waals surface area contributed by atoms with E-state index in [9.17, 15) is 4.79 Å². The van der Waals surface area contributed by atoms with E-state index in [4.69, 9.17) is 17.3 Å². The number of nitrogens with one attached hydrogen (secondary N) is 1. The van der Waals surface area contributed by atoms with Gasteiger partial charge < -0.3 is 11.1 Å². The van der Waals surface area contributed by atoms with Crippen molar-refractivity contribution in [1.29, 1.82) is 0 Å². The minimum atomic E-state index is -0.527. The highest BCUT2D eigenvalue weighted by Crippen LogP contribution is 2.21. The van der Waals surface area contributed by atoms with Crippen LogP contribution in [0.1, 0.15) is 36.1 Å². The second kappa shape index (κ2) is 5.92. The van der Waals surface area contributed by atoms with Gasteiger partial charge in [-0.05, 0) is 32.0 Å². The zero-order valence-electron chi connectivity index (χ0n) is 11.3. The largest absolute Gasteiger partial charge is 0.377 e. The Bertz CT molecular complexity index is 623. The number of aromatic nitrogens is 3. The highest BCUT2D eigenvalue weighted by molar-refractivity contribution is 6.31. The number of hydrogen-bond acceptors (Lipinski definition) is 4. The average molecular weight is 294 g/mol. The van der Waals surface area contributed by atoms with Gasteiger partial charge in [0, 0.05) is 16.8 Å². The summed E-state index contributed by atoms with van der Waals surface area (Å²) in [5.41, 5.74) is 6.32. The van der Waals surface area contributed by atoms with Gasteiger partial charge in [-0.15, -0.1) is 0 Å². The van der Waals surface area contributed by atoms with Crippen molar-refractivity contribution in [3.8, 4) is 0 Å². The number of nitrogens with zero attached hydrogens (tertiary/aromatic N) is 3. The fourth-order valence-corrected chi connectivity index (χ4v) is 2.05. The number of hydrogen-bond donors (Lipinski definition) is 2. The molecule has 0 spiro atoms. The predicted octanol–water partition coefficient (Wildman–Crippen LogP) is 2.22. The number of carbonyl (C=O) groups is 1. The lowest BCUT2D eigenvalue weighted by Crippen LogP contribution is -2.16. The third-order valence-corrected chi connectivity index (χ3v) is 3.06. The van der Waals surface area contributed by atoms with Crippen LogP contribution >= 0.6 is 11.6 Å². The lowest BCUT2D eigenvalue weighted by Gasteiger charge is -2.12. The van der Waals surface area contributed by atoms with E-state index in [-0.39, 0.29) is 6.04 Å². The zero-order valence-corrected chi connectivity index (χ0v) is 12.1. The molecule has 2 aromatic rings. The Morgan fingerprint density at radius 1 is 1.50 bits per heavy atom. The number of anilines is 1. The Morgan fingerprint density at radius 3 is 2.90 bits per heavy atom. The van der Waals surface area contributed by atoms with Gasteiger partial charge in [-0.3, -0.25) is 4.79 Å². The molecule has 0 saturated heterocycles. The molecule has 1 aromatic heterocycles. The molecule has 20 heavy (non-hydrogen) atoms. The molecular weight excluding hydrogens is 278 g/mol. The summed E-state index contributed by atoms with van der Waals surface area (Å²) in [4.78, 5) is 15.6. The molecule has 0 atom stereocenters. The van der Waals surface area contributed by atoms with Crippen molar-refractivity contribution in [2.24, 2.45) is 5.73 Å². The van der Waals surface area contributed by atoms with Gasteiger partial charge in [0.25, 0.3) is 5.91 Å². The molecule has 0 radical (unpaired) electrons. The maximum atomic E-state index is 11.4. The van der Waals surface area contributed by atoms with Crippen LogP contribution in [0.3, 0.4) is 0 Å². The van der Waals surface area contributed by atoms with Crippen molar-refractivity contribution in [2.75, 3.05) is 5.32 Å². The molecule has 1 amide bonds. The average Bonchev–Trinajstić information content (AvgIpc) is 2.85. The molecule has 1 heterocycles. The van der Waals surface area contributed by atoms with E-state index >= 15 is 0 Å². The van der Waals surface area contributed by atoms with E-state index in [0.717, 1.165) is 5.82 Å². The van der Waals surface area contributed by atoms with Crippen LogP contribution in [0.5, 0.6) is 0 Å². The smallest absolute Gasteiger partial charge is 0.250 e. The van der Waals surface area contributed by atoms with Crippen LogP contribution < -0.4 is 11.1 Å². The Hall–Kier alpha value is -2.08. The van der Waals surface area contributed by atoms with E-state index in [1.807, 2.05) is 18.5 Å². The van der Waals surface area contributed by atoms with Crippen molar-refractivity contribution < 1.29 is 4.79 Å². The van der Waals surface area contributed by atoms with Crippen LogP contribution in [-0.2, 0) is 6.54 Å². The van der Waals surface area contributed by atoms with Gasteiger partial charge in [-0.1, -0.05) is 11.6 Å². The van der Waals surface area contributed by atoms with Gasteiger partial charge >= 0.3 is 0 Å². The van der Waals surface area contributed by atoms with Gasteiger partial charge in [0.1, 0.15) is 12.2 Å². The van der Waals surface area contributed by atoms with Crippen LogP contribution in [-0.4, -0.2) is 20.7 Å². The first-order valence-corrected chi connectivity index (χ1v) is 6.58. The maximum absolute atomic E-state index is 11.4. The molecule has 0 aliphatic rings. The molecule has 0 aliphatic heterocycles. The van der Waals surface area contributed by atoms with Crippen molar-refractivity contribution in [3.63, 3.8) is 0 Å². The van der Waals surface area contributed by atoms with E-state index in [2.05, 4.69) is 15.4 Å². The number of benzene rings is 1. The minimum Gasteiger partial charge on any atom is -0.377 e. The van der Waals surface area contributed by atoms with E-state index in [0.29, 0.717) is 22.8 Å². The van der Waals surface area contributed by atoms with Gasteiger partial charge in [0.15, 0.2) is 0 Å². The quantitative estimate of drug-likeness (QED) is 0.885. The molecule has 0 bridgehead atoms. The van der Waals surface area contributed by atoms with Crippen LogP contribution in [0.25, 0.3) is 0 Å². The van der Waals surface area contributed by atoms with Crippen molar-refractivity contribution in [3.05, 3.63) is 40.9 Å². The topological polar surface area (TPSA) is 85.8 Å². The standard InChI is InChI=1S/C13H16ClN5O/c1-8(2)19-12(17-7-18-19)6-16-11-4-3-9(14)5-10(11)13(15)20/h3-5,7-8,16H,6H2,1-2H3,(H2,15,20). The van der Waals surface area contributed by atoms with E-state index < -0.39 is 5.91 Å². The number of halogens is 1. The highest BCUT2D eigenvalue weighted by atomic mass is 35.5. The Kier molecular flexibility index (Phi) is 4.24. The molecular formula is C13H16ClN5O. The van der Waals surface area contributed by atoms with Crippen molar-refractivity contribution >= 4 is 23.2 Å². The van der Waals surface area contributed by atoms with Crippen molar-refractivity contribution in [1.82, 2.24) is 14.8 Å². The van der Waals surface area contributed by atoms with Crippen LogP contribution in [0.4, 0.5) is 5.69 Å². The second-order valence-corrected chi connectivity index (χ2v) is 5.06. The summed E-state index contributed by atoms with van der Waals surface area (Å²) >= 11 is 5.87. The number of primary amides is 1. The van der Waals surface area contributed by atoms with Crippen molar-refractivity contribution in [2.45, 2.75) is 26.4 Å². The molecule has 7 heteroatoms. The van der Waals surface area contributed by atoms with Gasteiger partial charge in [0.05, 0.1) is 12.1 Å². The van der Waals surface area contributed by atoms with Crippen LogP contribution in [0.15, 0.2) is 24.5 Å². The van der Waals surface area contributed by atoms with Gasteiger partial charge in [-0.2, -0.15) is 5.10 Å². The number of nitrogens with two attached hydrogens (primary N) is 1. The lowest BCUT2D eigenvalue weighted by molar-refractivity contribution is 0.100. The molecule has 0 aliphatic carbocycles. The molecule has 0 unspecified atom stereocenters. The zero-order chi connectivity index (χ0) is 14.7. The number of amides is 1. The van der Waals surface area contributed by atoms with E-state index in [1.54, 1.807) is 18.2 Å². The Morgan fingerprint density at radius 2 is 2.25 bits per heavy atom. The summed E-state index contributed by atoms with van der Waals surface area (Å²) in [7, 11) is 0. The van der Waals surface area contributed by atoms with Gasteiger partial charge in [-0.25, -0.2) is 9.67 Å². The fourth-order valence-electron chi connectivity index (χ4n) is 1.88. The maximum Gasteiger partial charge on any atom is 0.250 e. The predicted molar refractivity (Wildman–Crippen MR) is 77.7 cm³/mol. The highest BCUT2D eigenvalue weighted by Gasteiger charge is 2.11. The van der Waals surface area contributed by atoms with Crippen LogP contribution in [0.2, 0.25) is 5.02 Å². The first-order chi connectivity index (χ1) is 9.49. The second-order valence-electron chi connectivity index (χ2n) is 4.62. The summed E-state index contributed by atoms with van der Waals surface area (Å²) in [6, 6.07) is 5.18.